The summed E-state index contributed by atoms with van der Waals surface area (Å²) >= 11 is 0. The molecule has 0 atom stereocenters. The zero-order chi connectivity index (χ0) is 21.6. The molecular weight excluding hydrogens is 404 g/mol. The zero-order valence-electron chi connectivity index (χ0n) is 17.1. The molecule has 7 nitrogen and oxygen atoms in total. The zero-order valence-corrected chi connectivity index (χ0v) is 17.9. The van der Waals surface area contributed by atoms with Crippen LogP contribution < -0.4 is 14.2 Å². The van der Waals surface area contributed by atoms with E-state index in [-0.39, 0.29) is 16.8 Å². The van der Waals surface area contributed by atoms with E-state index in [1.165, 1.54) is 6.08 Å². The first-order valence-electron chi connectivity index (χ1n) is 9.69. The average Bonchev–Trinajstić information content (AvgIpc) is 2.78. The summed E-state index contributed by atoms with van der Waals surface area (Å²) in [6, 6.07) is 13.5. The number of benzene rings is 2. The summed E-state index contributed by atoms with van der Waals surface area (Å²) in [5, 5.41) is 0. The first-order valence-corrected chi connectivity index (χ1v) is 11.2. The molecule has 0 aromatic heterocycles. The highest BCUT2D eigenvalue weighted by Gasteiger charge is 2.25. The van der Waals surface area contributed by atoms with Crippen LogP contribution in [0, 0.1) is 0 Å². The van der Waals surface area contributed by atoms with Crippen molar-refractivity contribution in [2.24, 2.45) is 0 Å². The molecule has 1 saturated heterocycles. The van der Waals surface area contributed by atoms with Crippen molar-refractivity contribution in [3.05, 3.63) is 60.2 Å². The first kappa shape index (κ1) is 21.9. The number of hydrogen-bond donors (Lipinski definition) is 1. The van der Waals surface area contributed by atoms with Crippen LogP contribution in [-0.4, -0.2) is 52.6 Å². The largest absolute Gasteiger partial charge is 0.497 e. The van der Waals surface area contributed by atoms with E-state index in [1.807, 2.05) is 6.07 Å². The highest BCUT2D eigenvalue weighted by atomic mass is 32.2. The van der Waals surface area contributed by atoms with Gasteiger partial charge >= 0.3 is 0 Å². The van der Waals surface area contributed by atoms with Crippen molar-refractivity contribution < 1.29 is 22.7 Å². The average molecular weight is 431 g/mol. The van der Waals surface area contributed by atoms with Crippen molar-refractivity contribution in [1.29, 1.82) is 0 Å². The van der Waals surface area contributed by atoms with Crippen molar-refractivity contribution in [2.75, 3.05) is 27.3 Å². The minimum atomic E-state index is -3.55. The van der Waals surface area contributed by atoms with E-state index < -0.39 is 10.0 Å². The van der Waals surface area contributed by atoms with Gasteiger partial charge in [-0.3, -0.25) is 4.79 Å². The maximum absolute atomic E-state index is 12.5. The number of nitrogens with one attached hydrogen (secondary N) is 1. The van der Waals surface area contributed by atoms with E-state index in [1.54, 1.807) is 67.7 Å². The quantitative estimate of drug-likeness (QED) is 0.683. The van der Waals surface area contributed by atoms with Crippen LogP contribution in [0.1, 0.15) is 18.4 Å². The molecule has 1 heterocycles. The van der Waals surface area contributed by atoms with Gasteiger partial charge in [0, 0.05) is 36.8 Å². The van der Waals surface area contributed by atoms with Crippen molar-refractivity contribution in [3.63, 3.8) is 0 Å². The van der Waals surface area contributed by atoms with Crippen LogP contribution in [0.3, 0.4) is 0 Å². The van der Waals surface area contributed by atoms with Crippen LogP contribution in [0.2, 0.25) is 0 Å². The molecule has 1 amide bonds. The minimum Gasteiger partial charge on any atom is -0.497 e. The fourth-order valence-electron chi connectivity index (χ4n) is 3.33. The number of likely N-dealkylation sites (tertiary alicyclic amines) is 1. The van der Waals surface area contributed by atoms with Crippen molar-refractivity contribution >= 4 is 22.0 Å². The number of sulfonamides is 1. The Bertz CT molecular complexity index is 997. The van der Waals surface area contributed by atoms with E-state index in [0.717, 1.165) is 5.56 Å². The molecule has 0 spiro atoms. The third-order valence-corrected chi connectivity index (χ3v) is 6.56. The summed E-state index contributed by atoms with van der Waals surface area (Å²) in [4.78, 5) is 14.5. The SMILES string of the molecule is COc1ccc(/C=C/C(=O)N2CCC(NS(=O)(=O)c3ccccc3)CC2)c(OC)c1. The van der Waals surface area contributed by atoms with Crippen LogP contribution in [0.4, 0.5) is 0 Å². The molecule has 160 valence electrons. The molecule has 30 heavy (non-hydrogen) atoms. The Labute approximate surface area is 177 Å². The van der Waals surface area contributed by atoms with Gasteiger partial charge in [-0.25, -0.2) is 13.1 Å². The fourth-order valence-corrected chi connectivity index (χ4v) is 4.65. The Balaban J connectivity index is 1.56. The van der Waals surface area contributed by atoms with Crippen LogP contribution in [0.15, 0.2) is 59.5 Å². The van der Waals surface area contributed by atoms with Crippen LogP contribution in [0.25, 0.3) is 6.08 Å². The van der Waals surface area contributed by atoms with Gasteiger partial charge in [-0.2, -0.15) is 0 Å². The lowest BCUT2D eigenvalue weighted by atomic mass is 10.1. The number of carbonyl (C=O) groups is 1. The van der Waals surface area contributed by atoms with E-state index in [9.17, 15) is 13.2 Å². The summed E-state index contributed by atoms with van der Waals surface area (Å²) in [5.74, 6) is 1.18. The molecule has 1 aliphatic heterocycles. The minimum absolute atomic E-state index is 0.114. The van der Waals surface area contributed by atoms with Crippen LogP contribution in [0.5, 0.6) is 11.5 Å². The van der Waals surface area contributed by atoms with Gasteiger partial charge in [0.1, 0.15) is 11.5 Å². The van der Waals surface area contributed by atoms with E-state index in [4.69, 9.17) is 9.47 Å². The molecular formula is C22H26N2O5S. The number of rotatable bonds is 7. The maximum atomic E-state index is 12.5. The Morgan fingerprint density at radius 3 is 2.40 bits per heavy atom. The number of hydrogen-bond acceptors (Lipinski definition) is 5. The molecule has 2 aromatic carbocycles. The highest BCUT2D eigenvalue weighted by Crippen LogP contribution is 2.25. The third kappa shape index (κ3) is 5.40. The van der Waals surface area contributed by atoms with Crippen LogP contribution >= 0.6 is 0 Å². The van der Waals surface area contributed by atoms with Gasteiger partial charge in [0.25, 0.3) is 0 Å². The molecule has 1 fully saturated rings. The Kier molecular flexibility index (Phi) is 7.12. The van der Waals surface area contributed by atoms with Gasteiger partial charge in [-0.05, 0) is 43.2 Å². The van der Waals surface area contributed by atoms with Gasteiger partial charge in [0.2, 0.25) is 15.9 Å². The molecule has 0 aliphatic carbocycles. The van der Waals surface area contributed by atoms with Crippen molar-refractivity contribution in [2.45, 2.75) is 23.8 Å². The summed E-state index contributed by atoms with van der Waals surface area (Å²) in [6.45, 7) is 0.982. The molecule has 0 radical (unpaired) electrons. The molecule has 8 heteroatoms. The lowest BCUT2D eigenvalue weighted by Gasteiger charge is -2.31. The summed E-state index contributed by atoms with van der Waals surface area (Å²) < 4.78 is 38.2. The lowest BCUT2D eigenvalue weighted by Crippen LogP contribution is -2.46. The van der Waals surface area contributed by atoms with E-state index in [0.29, 0.717) is 37.4 Å². The second-order valence-electron chi connectivity index (χ2n) is 6.98. The predicted molar refractivity (Wildman–Crippen MR) is 115 cm³/mol. The first-order chi connectivity index (χ1) is 14.4. The lowest BCUT2D eigenvalue weighted by molar-refractivity contribution is -0.126. The standard InChI is InChI=1S/C22H26N2O5S/c1-28-19-10-8-17(21(16-19)29-2)9-11-22(25)24-14-12-18(13-15-24)23-30(26,27)20-6-4-3-5-7-20/h3-11,16,18,23H,12-15H2,1-2H3/b11-9+. The molecule has 1 aliphatic rings. The van der Waals surface area contributed by atoms with E-state index in [2.05, 4.69) is 4.72 Å². The molecule has 1 N–H and O–H groups in total. The maximum Gasteiger partial charge on any atom is 0.246 e. The summed E-state index contributed by atoms with van der Waals surface area (Å²) in [5.41, 5.74) is 0.775. The van der Waals surface area contributed by atoms with Crippen LogP contribution in [-0.2, 0) is 14.8 Å². The van der Waals surface area contributed by atoms with Gasteiger partial charge in [-0.1, -0.05) is 18.2 Å². The number of methoxy groups -OCH3 is 2. The fraction of sp³-hybridized carbons (Fsp3) is 0.318. The van der Waals surface area contributed by atoms with Gasteiger partial charge in [0.15, 0.2) is 0 Å². The van der Waals surface area contributed by atoms with Crippen molar-refractivity contribution in [1.82, 2.24) is 9.62 Å². The normalized spacial score (nSPS) is 15.3. The van der Waals surface area contributed by atoms with Crippen molar-refractivity contribution in [3.8, 4) is 11.5 Å². The molecule has 2 aromatic rings. The second kappa shape index (κ2) is 9.77. The Morgan fingerprint density at radius 1 is 1.07 bits per heavy atom. The van der Waals surface area contributed by atoms with Gasteiger partial charge < -0.3 is 14.4 Å². The van der Waals surface area contributed by atoms with Gasteiger partial charge in [0.05, 0.1) is 19.1 Å². The molecule has 0 saturated carbocycles. The third-order valence-electron chi connectivity index (χ3n) is 5.03. The second-order valence-corrected chi connectivity index (χ2v) is 8.69. The number of amides is 1. The van der Waals surface area contributed by atoms with E-state index >= 15 is 0 Å². The highest BCUT2D eigenvalue weighted by molar-refractivity contribution is 7.89. The number of nitrogens with zero attached hydrogens (tertiary/aromatic N) is 1. The smallest absolute Gasteiger partial charge is 0.246 e. The number of piperidine rings is 1. The van der Waals surface area contributed by atoms with Gasteiger partial charge in [-0.15, -0.1) is 0 Å². The Hall–Kier alpha value is -2.84. The predicted octanol–water partition coefficient (Wildman–Crippen LogP) is 2.69. The monoisotopic (exact) mass is 430 g/mol. The Morgan fingerprint density at radius 2 is 1.77 bits per heavy atom. The number of ether oxygens (including phenoxy) is 2. The molecule has 0 bridgehead atoms. The molecule has 0 unspecified atom stereocenters. The summed E-state index contributed by atoms with van der Waals surface area (Å²) in [6.07, 6.45) is 4.36. The topological polar surface area (TPSA) is 84.9 Å². The number of carbonyl (C=O) groups excluding carboxylic acids is 1. The molecule has 3 rings (SSSR count). The summed E-state index contributed by atoms with van der Waals surface area (Å²) in [7, 11) is -0.404.